The number of hydrogen-bond acceptors (Lipinski definition) is 3. The smallest absolute Gasteiger partial charge is 0.272 e. The van der Waals surface area contributed by atoms with Crippen molar-refractivity contribution < 1.29 is 4.79 Å². The van der Waals surface area contributed by atoms with Crippen molar-refractivity contribution in [3.8, 4) is 0 Å². The fourth-order valence-corrected chi connectivity index (χ4v) is 2.42. The third kappa shape index (κ3) is 2.70. The first kappa shape index (κ1) is 14.3. The quantitative estimate of drug-likeness (QED) is 0.777. The predicted octanol–water partition coefficient (Wildman–Crippen LogP) is 3.01. The van der Waals surface area contributed by atoms with Gasteiger partial charge in [-0.2, -0.15) is 5.10 Å². The minimum Gasteiger partial charge on any atom is -0.344 e. The van der Waals surface area contributed by atoms with Gasteiger partial charge in [-0.1, -0.05) is 31.2 Å². The molecule has 5 heteroatoms. The molecule has 0 aliphatic heterocycles. The number of aromatic amines is 1. The molecule has 5 nitrogen and oxygen atoms in total. The van der Waals surface area contributed by atoms with Crippen LogP contribution in [0.25, 0.3) is 10.9 Å². The number of nitrogens with one attached hydrogen (secondary N) is 2. The number of H-pyrrole nitrogens is 1. The van der Waals surface area contributed by atoms with Gasteiger partial charge in [0.1, 0.15) is 0 Å². The van der Waals surface area contributed by atoms with Gasteiger partial charge in [-0.15, -0.1) is 0 Å². The number of aryl methyl sites for hydroxylation is 1. The molecular formula is C17H18N4O. The third-order valence-electron chi connectivity index (χ3n) is 3.81. The SMILES string of the molecule is CCc1ccc(C(C)NC(=O)c2n[nH]c3ccncc23)cc1. The minimum absolute atomic E-state index is 0.0816. The molecule has 1 amide bonds. The van der Waals surface area contributed by atoms with Gasteiger partial charge in [-0.25, -0.2) is 0 Å². The number of amides is 1. The van der Waals surface area contributed by atoms with Crippen molar-refractivity contribution in [2.45, 2.75) is 26.3 Å². The van der Waals surface area contributed by atoms with Crippen molar-refractivity contribution in [1.82, 2.24) is 20.5 Å². The summed E-state index contributed by atoms with van der Waals surface area (Å²) >= 11 is 0. The van der Waals surface area contributed by atoms with Crippen LogP contribution in [0.2, 0.25) is 0 Å². The normalized spacial score (nSPS) is 12.3. The second kappa shape index (κ2) is 5.97. The molecule has 112 valence electrons. The number of pyridine rings is 1. The Morgan fingerprint density at radius 3 is 2.77 bits per heavy atom. The van der Waals surface area contributed by atoms with Gasteiger partial charge in [-0.3, -0.25) is 14.9 Å². The molecule has 2 N–H and O–H groups in total. The summed E-state index contributed by atoms with van der Waals surface area (Å²) < 4.78 is 0. The fraction of sp³-hybridized carbons (Fsp3) is 0.235. The first-order chi connectivity index (χ1) is 10.7. The molecule has 2 aromatic heterocycles. The van der Waals surface area contributed by atoms with Crippen LogP contribution in [-0.2, 0) is 6.42 Å². The maximum absolute atomic E-state index is 12.4. The van der Waals surface area contributed by atoms with Gasteiger partial charge < -0.3 is 5.32 Å². The first-order valence-electron chi connectivity index (χ1n) is 7.37. The van der Waals surface area contributed by atoms with E-state index in [1.807, 2.05) is 19.1 Å². The van der Waals surface area contributed by atoms with Crippen LogP contribution in [-0.4, -0.2) is 21.1 Å². The molecule has 0 spiro atoms. The number of carbonyl (C=O) groups is 1. The summed E-state index contributed by atoms with van der Waals surface area (Å²) in [5, 5.41) is 10.6. The monoisotopic (exact) mass is 294 g/mol. The van der Waals surface area contributed by atoms with Crippen LogP contribution >= 0.6 is 0 Å². The second-order valence-corrected chi connectivity index (χ2v) is 5.28. The Labute approximate surface area is 128 Å². The molecule has 1 atom stereocenters. The molecule has 0 aliphatic carbocycles. The summed E-state index contributed by atoms with van der Waals surface area (Å²) in [6.45, 7) is 4.09. The Kier molecular flexibility index (Phi) is 3.87. The average molecular weight is 294 g/mol. The van der Waals surface area contributed by atoms with E-state index in [1.165, 1.54) is 5.56 Å². The van der Waals surface area contributed by atoms with Crippen LogP contribution in [0.15, 0.2) is 42.7 Å². The highest BCUT2D eigenvalue weighted by Gasteiger charge is 2.16. The molecule has 0 fully saturated rings. The molecule has 22 heavy (non-hydrogen) atoms. The van der Waals surface area contributed by atoms with E-state index in [0.717, 1.165) is 22.9 Å². The van der Waals surface area contributed by atoms with Gasteiger partial charge in [0.25, 0.3) is 5.91 Å². The molecule has 3 aromatic rings. The summed E-state index contributed by atoms with van der Waals surface area (Å²) in [5.74, 6) is -0.202. The summed E-state index contributed by atoms with van der Waals surface area (Å²) in [6.07, 6.45) is 4.32. The zero-order valence-electron chi connectivity index (χ0n) is 12.6. The van der Waals surface area contributed by atoms with E-state index < -0.39 is 0 Å². The van der Waals surface area contributed by atoms with Crippen LogP contribution in [0.5, 0.6) is 0 Å². The molecule has 0 aliphatic rings. The Hall–Kier alpha value is -2.69. The van der Waals surface area contributed by atoms with Crippen LogP contribution < -0.4 is 5.32 Å². The highest BCUT2D eigenvalue weighted by Crippen LogP contribution is 2.17. The van der Waals surface area contributed by atoms with E-state index in [9.17, 15) is 4.79 Å². The number of fused-ring (bicyclic) bond motifs is 1. The Morgan fingerprint density at radius 2 is 2.05 bits per heavy atom. The van der Waals surface area contributed by atoms with Gasteiger partial charge in [0.15, 0.2) is 5.69 Å². The zero-order chi connectivity index (χ0) is 15.5. The lowest BCUT2D eigenvalue weighted by Gasteiger charge is -2.14. The fourth-order valence-electron chi connectivity index (χ4n) is 2.42. The van der Waals surface area contributed by atoms with E-state index in [1.54, 1.807) is 18.5 Å². The lowest BCUT2D eigenvalue weighted by molar-refractivity contribution is 0.0936. The topological polar surface area (TPSA) is 70.7 Å². The van der Waals surface area contributed by atoms with Crippen LogP contribution in [0.3, 0.4) is 0 Å². The molecule has 1 aromatic carbocycles. The van der Waals surface area contributed by atoms with Gasteiger partial charge in [0.05, 0.1) is 16.9 Å². The van der Waals surface area contributed by atoms with E-state index in [-0.39, 0.29) is 11.9 Å². The standard InChI is InChI=1S/C17H18N4O/c1-3-12-4-6-13(7-5-12)11(2)19-17(22)16-14-10-18-9-8-15(14)20-21-16/h4-11H,3H2,1-2H3,(H,19,22)(H,20,21). The molecule has 1 unspecified atom stereocenters. The average Bonchev–Trinajstić information content (AvgIpc) is 2.99. The number of aromatic nitrogens is 3. The van der Waals surface area contributed by atoms with Crippen molar-refractivity contribution >= 4 is 16.8 Å². The van der Waals surface area contributed by atoms with Crippen molar-refractivity contribution in [1.29, 1.82) is 0 Å². The van der Waals surface area contributed by atoms with Crippen molar-refractivity contribution in [3.63, 3.8) is 0 Å². The van der Waals surface area contributed by atoms with Crippen LogP contribution in [0.1, 0.15) is 41.5 Å². The second-order valence-electron chi connectivity index (χ2n) is 5.28. The van der Waals surface area contributed by atoms with E-state index in [2.05, 4.69) is 39.6 Å². The van der Waals surface area contributed by atoms with Gasteiger partial charge in [-0.05, 0) is 30.5 Å². The highest BCUT2D eigenvalue weighted by molar-refractivity contribution is 6.04. The lowest BCUT2D eigenvalue weighted by Crippen LogP contribution is -2.27. The Balaban J connectivity index is 1.78. The number of rotatable bonds is 4. The minimum atomic E-state index is -0.202. The van der Waals surface area contributed by atoms with E-state index >= 15 is 0 Å². The third-order valence-corrected chi connectivity index (χ3v) is 3.81. The largest absolute Gasteiger partial charge is 0.344 e. The highest BCUT2D eigenvalue weighted by atomic mass is 16.2. The Bertz CT molecular complexity index is 792. The van der Waals surface area contributed by atoms with Gasteiger partial charge in [0, 0.05) is 12.4 Å². The molecule has 0 saturated carbocycles. The summed E-state index contributed by atoms with van der Waals surface area (Å²) in [7, 11) is 0. The predicted molar refractivity (Wildman–Crippen MR) is 85.6 cm³/mol. The van der Waals surface area contributed by atoms with Gasteiger partial charge in [0.2, 0.25) is 0 Å². The van der Waals surface area contributed by atoms with E-state index in [4.69, 9.17) is 0 Å². The van der Waals surface area contributed by atoms with Crippen LogP contribution in [0, 0.1) is 0 Å². The maximum atomic E-state index is 12.4. The number of benzene rings is 1. The summed E-state index contributed by atoms with van der Waals surface area (Å²) in [5.41, 5.74) is 3.54. The lowest BCUT2D eigenvalue weighted by atomic mass is 10.0. The first-order valence-corrected chi connectivity index (χ1v) is 7.37. The van der Waals surface area contributed by atoms with Crippen LogP contribution in [0.4, 0.5) is 0 Å². The maximum Gasteiger partial charge on any atom is 0.272 e. The van der Waals surface area contributed by atoms with Crippen molar-refractivity contribution in [2.75, 3.05) is 0 Å². The molecule has 0 bridgehead atoms. The van der Waals surface area contributed by atoms with Crippen molar-refractivity contribution in [2.24, 2.45) is 0 Å². The molecule has 0 radical (unpaired) electrons. The van der Waals surface area contributed by atoms with Gasteiger partial charge >= 0.3 is 0 Å². The summed E-state index contributed by atoms with van der Waals surface area (Å²) in [6, 6.07) is 9.99. The number of carbonyl (C=O) groups excluding carboxylic acids is 1. The molecule has 3 rings (SSSR count). The number of hydrogen-bond donors (Lipinski definition) is 2. The zero-order valence-corrected chi connectivity index (χ0v) is 12.6. The number of nitrogens with zero attached hydrogens (tertiary/aromatic N) is 2. The van der Waals surface area contributed by atoms with Crippen molar-refractivity contribution in [3.05, 3.63) is 59.5 Å². The summed E-state index contributed by atoms with van der Waals surface area (Å²) in [4.78, 5) is 16.4. The Morgan fingerprint density at radius 1 is 1.27 bits per heavy atom. The van der Waals surface area contributed by atoms with E-state index in [0.29, 0.717) is 5.69 Å². The molecule has 0 saturated heterocycles. The molecular weight excluding hydrogens is 276 g/mol. The molecule has 2 heterocycles.